The predicted octanol–water partition coefficient (Wildman–Crippen LogP) is 5.67. The SMILES string of the molecule is CC(C)(C)[C@H](c1cc(-c2cc(F)ccc2F)cn1Cc1ccccc1)N(CC1CCNC1)C(=O)CSCCC(=O)NCCOCCOCCNC(=O)CCCCCN1C(=O)C=CC1O. The number of rotatable bonds is 27. The van der Waals surface area contributed by atoms with E-state index in [2.05, 4.69) is 41.3 Å². The molecule has 4 amide bonds. The minimum atomic E-state index is -0.855. The number of aliphatic hydroxyl groups excluding tert-OH is 1. The number of aliphatic hydroxyl groups is 1. The second kappa shape index (κ2) is 25.8. The molecule has 3 heterocycles. The lowest BCUT2D eigenvalue weighted by atomic mass is 9.82. The molecule has 0 aliphatic carbocycles. The van der Waals surface area contributed by atoms with Gasteiger partial charge in [0.05, 0.1) is 38.2 Å². The summed E-state index contributed by atoms with van der Waals surface area (Å²) in [4.78, 5) is 54.1. The molecule has 16 heteroatoms. The van der Waals surface area contributed by atoms with Crippen LogP contribution in [0.1, 0.15) is 76.6 Å². The fraction of sp³-hybridized carbons (Fsp3) is 0.542. The van der Waals surface area contributed by atoms with Crippen LogP contribution < -0.4 is 16.0 Å². The van der Waals surface area contributed by atoms with Crippen molar-refractivity contribution < 1.29 is 42.5 Å². The Bertz CT molecular complexity index is 1990. The molecule has 2 aliphatic rings. The molecule has 1 saturated heterocycles. The summed E-state index contributed by atoms with van der Waals surface area (Å²) in [6.07, 6.45) is 7.57. The highest BCUT2D eigenvalue weighted by Crippen LogP contribution is 2.42. The van der Waals surface area contributed by atoms with Crippen LogP contribution in [-0.4, -0.2) is 127 Å². The number of amides is 4. The topological polar surface area (TPSA) is 154 Å². The van der Waals surface area contributed by atoms with Crippen molar-refractivity contribution in [3.05, 3.63) is 95.8 Å². The van der Waals surface area contributed by atoms with Gasteiger partial charge in [-0.2, -0.15) is 11.8 Å². The predicted molar refractivity (Wildman–Crippen MR) is 245 cm³/mol. The summed E-state index contributed by atoms with van der Waals surface area (Å²) in [5, 5.41) is 18.8. The van der Waals surface area contributed by atoms with Crippen LogP contribution >= 0.6 is 11.8 Å². The van der Waals surface area contributed by atoms with Crippen molar-refractivity contribution in [2.24, 2.45) is 11.3 Å². The summed E-state index contributed by atoms with van der Waals surface area (Å²) in [5.74, 6) is -0.578. The number of ether oxygens (including phenoxy) is 2. The Morgan fingerprint density at radius 3 is 2.33 bits per heavy atom. The third-order valence-corrected chi connectivity index (χ3v) is 12.2. The van der Waals surface area contributed by atoms with E-state index in [0.29, 0.717) is 89.7 Å². The van der Waals surface area contributed by atoms with Crippen molar-refractivity contribution >= 4 is 35.4 Å². The van der Waals surface area contributed by atoms with Gasteiger partial charge < -0.3 is 44.9 Å². The average Bonchev–Trinajstić information content (AvgIpc) is 4.01. The van der Waals surface area contributed by atoms with Gasteiger partial charge in [0.15, 0.2) is 0 Å². The number of nitrogens with zero attached hydrogens (tertiary/aromatic N) is 3. The number of nitrogens with one attached hydrogen (secondary N) is 3. The molecule has 2 unspecified atom stereocenters. The van der Waals surface area contributed by atoms with Gasteiger partial charge in [-0.05, 0) is 79.6 Å². The summed E-state index contributed by atoms with van der Waals surface area (Å²) >= 11 is 1.42. The second-order valence-electron chi connectivity index (χ2n) is 17.4. The highest BCUT2D eigenvalue weighted by molar-refractivity contribution is 7.99. The first-order chi connectivity index (χ1) is 30.8. The molecular weight excluding hydrogens is 843 g/mol. The van der Waals surface area contributed by atoms with Crippen LogP contribution in [-0.2, 0) is 35.2 Å². The van der Waals surface area contributed by atoms with Gasteiger partial charge in [0.1, 0.15) is 17.9 Å². The summed E-state index contributed by atoms with van der Waals surface area (Å²) in [6, 6.07) is 14.9. The van der Waals surface area contributed by atoms with Crippen LogP contribution in [0.3, 0.4) is 0 Å². The van der Waals surface area contributed by atoms with Crippen LogP contribution in [0.15, 0.2) is 72.9 Å². The Kier molecular flexibility index (Phi) is 20.3. The number of hydrogen-bond donors (Lipinski definition) is 4. The van der Waals surface area contributed by atoms with Gasteiger partial charge in [-0.3, -0.25) is 19.2 Å². The van der Waals surface area contributed by atoms with E-state index < -0.39 is 29.3 Å². The van der Waals surface area contributed by atoms with Crippen molar-refractivity contribution in [1.29, 1.82) is 0 Å². The molecule has 5 rings (SSSR count). The number of carbonyl (C=O) groups is 4. The fourth-order valence-electron chi connectivity index (χ4n) is 8.03. The Morgan fingerprint density at radius 1 is 0.953 bits per heavy atom. The highest BCUT2D eigenvalue weighted by atomic mass is 32.2. The highest BCUT2D eigenvalue weighted by Gasteiger charge is 2.38. The maximum absolute atomic E-state index is 15.2. The minimum absolute atomic E-state index is 0.0404. The van der Waals surface area contributed by atoms with Crippen LogP contribution in [0.5, 0.6) is 0 Å². The van der Waals surface area contributed by atoms with E-state index in [1.165, 1.54) is 34.9 Å². The number of aromatic nitrogens is 1. The van der Waals surface area contributed by atoms with E-state index in [1.807, 2.05) is 47.5 Å². The minimum Gasteiger partial charge on any atom is -0.377 e. The van der Waals surface area contributed by atoms with Crippen LogP contribution in [0.25, 0.3) is 11.1 Å². The lowest BCUT2D eigenvalue weighted by molar-refractivity contribution is -0.134. The number of carbonyl (C=O) groups excluding carboxylic acids is 4. The van der Waals surface area contributed by atoms with Crippen molar-refractivity contribution in [1.82, 2.24) is 30.3 Å². The molecule has 3 aromatic rings. The lowest BCUT2D eigenvalue weighted by Crippen LogP contribution is -2.45. The fourth-order valence-corrected chi connectivity index (χ4v) is 8.84. The monoisotopic (exact) mass is 908 g/mol. The van der Waals surface area contributed by atoms with Crippen LogP contribution in [0.4, 0.5) is 8.78 Å². The van der Waals surface area contributed by atoms with E-state index in [0.717, 1.165) is 49.3 Å². The van der Waals surface area contributed by atoms with E-state index in [9.17, 15) is 28.7 Å². The maximum Gasteiger partial charge on any atom is 0.248 e. The molecule has 64 heavy (non-hydrogen) atoms. The molecule has 0 bridgehead atoms. The lowest BCUT2D eigenvalue weighted by Gasteiger charge is -2.42. The molecule has 13 nitrogen and oxygen atoms in total. The quantitative estimate of drug-likeness (QED) is 0.0709. The summed E-state index contributed by atoms with van der Waals surface area (Å²) in [6.45, 7) is 11.5. The zero-order chi connectivity index (χ0) is 45.9. The van der Waals surface area contributed by atoms with Crippen molar-refractivity contribution in [3.8, 4) is 11.1 Å². The summed E-state index contributed by atoms with van der Waals surface area (Å²) < 4.78 is 42.8. The van der Waals surface area contributed by atoms with Crippen LogP contribution in [0.2, 0.25) is 0 Å². The molecule has 350 valence electrons. The molecule has 3 atom stereocenters. The maximum atomic E-state index is 15.2. The number of thioether (sulfide) groups is 1. The van der Waals surface area contributed by atoms with Gasteiger partial charge in [0, 0.05) is 80.4 Å². The van der Waals surface area contributed by atoms with Gasteiger partial charge >= 0.3 is 0 Å². The smallest absolute Gasteiger partial charge is 0.248 e. The van der Waals surface area contributed by atoms with E-state index >= 15 is 4.39 Å². The van der Waals surface area contributed by atoms with Crippen LogP contribution in [0, 0.1) is 23.0 Å². The second-order valence-corrected chi connectivity index (χ2v) is 18.5. The number of unbranched alkanes of at least 4 members (excludes halogenated alkanes) is 2. The molecule has 0 saturated carbocycles. The normalized spacial score (nSPS) is 16.7. The Hall–Kier alpha value is -4.61. The first-order valence-corrected chi connectivity index (χ1v) is 23.6. The van der Waals surface area contributed by atoms with Gasteiger partial charge in [-0.15, -0.1) is 0 Å². The van der Waals surface area contributed by atoms with E-state index in [4.69, 9.17) is 9.47 Å². The molecule has 1 fully saturated rings. The van der Waals surface area contributed by atoms with E-state index in [1.54, 1.807) is 0 Å². The van der Waals surface area contributed by atoms with E-state index in [-0.39, 0.29) is 47.3 Å². The third kappa shape index (κ3) is 16.1. The van der Waals surface area contributed by atoms with Crippen molar-refractivity contribution in [3.63, 3.8) is 0 Å². The molecular formula is C48H66F2N6O7S. The zero-order valence-corrected chi connectivity index (χ0v) is 38.3. The Morgan fingerprint density at radius 2 is 1.67 bits per heavy atom. The van der Waals surface area contributed by atoms with Gasteiger partial charge in [0.25, 0.3) is 0 Å². The first-order valence-electron chi connectivity index (χ1n) is 22.4. The molecule has 0 radical (unpaired) electrons. The first kappa shape index (κ1) is 50.4. The van der Waals surface area contributed by atoms with Gasteiger partial charge in [-0.1, -0.05) is 57.5 Å². The standard InChI is InChI=1S/C48H66F2N6O7S/c1-48(2,3)47(41-28-37(39-29-38(49)13-14-40(39)50)33-54(41)31-35-10-6-4-7-11-35)56(32-36-17-19-51-30-36)46(61)34-64-27-18-43(58)53-21-24-63-26-25-62-23-20-52-42(57)12-8-5-9-22-55-44(59)15-16-45(55)60/h4,6-7,10-11,13-16,28-29,33,36,44,47,51,59H,5,8-9,12,17-27,30-32,34H2,1-3H3,(H,52,57)(H,53,58)/t36?,44?,47-/m0/s1. The molecule has 2 aliphatic heterocycles. The van der Waals surface area contributed by atoms with Gasteiger partial charge in [-0.25, -0.2) is 8.78 Å². The summed E-state index contributed by atoms with van der Waals surface area (Å²) in [7, 11) is 0. The van der Waals surface area contributed by atoms with Gasteiger partial charge in [0.2, 0.25) is 23.6 Å². The summed E-state index contributed by atoms with van der Waals surface area (Å²) in [5.41, 5.74) is 2.15. The molecule has 2 aromatic carbocycles. The zero-order valence-electron chi connectivity index (χ0n) is 37.5. The van der Waals surface area contributed by atoms with Crippen molar-refractivity contribution in [2.45, 2.75) is 78.1 Å². The molecule has 0 spiro atoms. The number of halogens is 2. The number of hydrogen-bond acceptors (Lipinski definition) is 9. The Labute approximate surface area is 380 Å². The largest absolute Gasteiger partial charge is 0.377 e. The molecule has 1 aromatic heterocycles. The molecule has 4 N–H and O–H groups in total. The van der Waals surface area contributed by atoms with Crippen molar-refractivity contribution in [2.75, 3.05) is 77.2 Å². The third-order valence-electron chi connectivity index (χ3n) is 11.2. The Balaban J connectivity index is 1.03. The number of benzene rings is 2. The average molecular weight is 909 g/mol.